The zero-order valence-electron chi connectivity index (χ0n) is 9.68. The lowest BCUT2D eigenvalue weighted by Gasteiger charge is -2.13. The van der Waals surface area contributed by atoms with Crippen molar-refractivity contribution in [2.45, 2.75) is 19.0 Å². The van der Waals surface area contributed by atoms with E-state index in [4.69, 9.17) is 10.8 Å². The van der Waals surface area contributed by atoms with Gasteiger partial charge in [0.05, 0.1) is 16.8 Å². The van der Waals surface area contributed by atoms with Crippen molar-refractivity contribution in [1.29, 1.82) is 0 Å². The fraction of sp³-hybridized carbons (Fsp3) is 0.300. The summed E-state index contributed by atoms with van der Waals surface area (Å²) in [5.74, 6) is -2.11. The van der Waals surface area contributed by atoms with Gasteiger partial charge < -0.3 is 21.5 Å². The van der Waals surface area contributed by atoms with Gasteiger partial charge in [-0.3, -0.25) is 4.79 Å². The largest absolute Gasteiger partial charge is 0.480 e. The third kappa shape index (κ3) is 5.71. The highest BCUT2D eigenvalue weighted by molar-refractivity contribution is 9.11. The Hall–Kier alpha value is -1.61. The summed E-state index contributed by atoms with van der Waals surface area (Å²) in [6.45, 7) is 0.269. The second-order valence-electron chi connectivity index (χ2n) is 3.59. The molecule has 0 fully saturated rings. The summed E-state index contributed by atoms with van der Waals surface area (Å²) in [6.07, 6.45) is -0.451. The molecule has 0 saturated carbocycles. The highest BCUT2D eigenvalue weighted by Crippen LogP contribution is 2.21. The summed E-state index contributed by atoms with van der Waals surface area (Å²) < 4.78 is 0.932. The number of carboxylic acids is 1. The molecule has 0 spiro atoms. The van der Waals surface area contributed by atoms with Gasteiger partial charge in [0, 0.05) is 4.88 Å². The maximum absolute atomic E-state index is 11.5. The van der Waals surface area contributed by atoms with Crippen LogP contribution in [0.3, 0.4) is 0 Å². The highest BCUT2D eigenvalue weighted by Gasteiger charge is 2.21. The zero-order valence-corrected chi connectivity index (χ0v) is 12.1. The zero-order chi connectivity index (χ0) is 14.4. The molecule has 0 unspecified atom stereocenters. The summed E-state index contributed by atoms with van der Waals surface area (Å²) in [5, 5.41) is 13.5. The minimum atomic E-state index is -1.33. The number of hydrogen-bond acceptors (Lipinski definition) is 4. The van der Waals surface area contributed by atoms with Crippen molar-refractivity contribution < 1.29 is 19.5 Å². The number of halogens is 1. The lowest BCUT2D eigenvalue weighted by Crippen LogP contribution is -2.47. The number of carboxylic acid groups (broad SMARTS) is 1. The molecule has 1 heterocycles. The van der Waals surface area contributed by atoms with Gasteiger partial charge >= 0.3 is 12.0 Å². The summed E-state index contributed by atoms with van der Waals surface area (Å²) in [5.41, 5.74) is 4.90. The fourth-order valence-corrected chi connectivity index (χ4v) is 2.65. The molecule has 104 valence electrons. The van der Waals surface area contributed by atoms with E-state index in [9.17, 15) is 14.4 Å². The van der Waals surface area contributed by atoms with Gasteiger partial charge in [0.25, 0.3) is 0 Å². The standard InChI is InChI=1S/C10H12BrN3O4S/c11-7-2-1-5(19-7)4-13-10(18)14-6(9(16)17)3-8(12)15/h1-2,6H,3-4H2,(H2,12,15)(H,16,17)(H2,13,14,18)/t6-/m1/s1. The van der Waals surface area contributed by atoms with E-state index >= 15 is 0 Å². The molecule has 0 bridgehead atoms. The van der Waals surface area contributed by atoms with Crippen molar-refractivity contribution in [3.8, 4) is 0 Å². The van der Waals surface area contributed by atoms with Crippen molar-refractivity contribution in [1.82, 2.24) is 10.6 Å². The van der Waals surface area contributed by atoms with E-state index in [1.54, 1.807) is 0 Å². The van der Waals surface area contributed by atoms with E-state index in [-0.39, 0.29) is 6.54 Å². The number of primary amides is 1. The predicted molar refractivity (Wildman–Crippen MR) is 72.6 cm³/mol. The number of carbonyl (C=O) groups excluding carboxylic acids is 2. The molecule has 0 saturated heterocycles. The first-order chi connectivity index (χ1) is 8.88. The average Bonchev–Trinajstić information content (AvgIpc) is 2.71. The number of carbonyl (C=O) groups is 3. The lowest BCUT2D eigenvalue weighted by atomic mass is 10.2. The van der Waals surface area contributed by atoms with Gasteiger partial charge in [0.1, 0.15) is 6.04 Å². The van der Waals surface area contributed by atoms with Crippen LogP contribution in [0.5, 0.6) is 0 Å². The highest BCUT2D eigenvalue weighted by atomic mass is 79.9. The number of hydrogen-bond donors (Lipinski definition) is 4. The Morgan fingerprint density at radius 2 is 2.11 bits per heavy atom. The van der Waals surface area contributed by atoms with Gasteiger partial charge in [-0.1, -0.05) is 0 Å². The van der Waals surface area contributed by atoms with Gasteiger partial charge in [0.2, 0.25) is 5.91 Å². The summed E-state index contributed by atoms with van der Waals surface area (Å²) in [6, 6.07) is 1.67. The molecule has 0 aliphatic heterocycles. The monoisotopic (exact) mass is 349 g/mol. The minimum absolute atomic E-state index is 0.269. The van der Waals surface area contributed by atoms with E-state index in [2.05, 4.69) is 26.6 Å². The molecule has 1 aromatic heterocycles. The molecule has 19 heavy (non-hydrogen) atoms. The first-order valence-corrected chi connectivity index (χ1v) is 6.79. The third-order valence-electron chi connectivity index (χ3n) is 2.06. The summed E-state index contributed by atoms with van der Waals surface area (Å²) in [4.78, 5) is 33.8. The number of urea groups is 1. The Kier molecular flexibility index (Phi) is 5.77. The molecule has 1 atom stereocenters. The Morgan fingerprint density at radius 3 is 2.58 bits per heavy atom. The van der Waals surface area contributed by atoms with Gasteiger partial charge in [-0.15, -0.1) is 11.3 Å². The van der Waals surface area contributed by atoms with Crippen LogP contribution in [0.1, 0.15) is 11.3 Å². The van der Waals surface area contributed by atoms with Gasteiger partial charge in [0.15, 0.2) is 0 Å². The van der Waals surface area contributed by atoms with Crippen LogP contribution >= 0.6 is 27.3 Å². The average molecular weight is 350 g/mol. The number of amides is 3. The van der Waals surface area contributed by atoms with E-state index in [1.165, 1.54) is 11.3 Å². The van der Waals surface area contributed by atoms with Crippen LogP contribution in [-0.2, 0) is 16.1 Å². The smallest absolute Gasteiger partial charge is 0.326 e. The first-order valence-electron chi connectivity index (χ1n) is 5.18. The topological polar surface area (TPSA) is 122 Å². The fourth-order valence-electron chi connectivity index (χ4n) is 1.22. The molecule has 7 nitrogen and oxygen atoms in total. The van der Waals surface area contributed by atoms with E-state index < -0.39 is 30.4 Å². The Balaban J connectivity index is 2.44. The quantitative estimate of drug-likeness (QED) is 0.601. The molecule has 1 aromatic rings. The normalized spacial score (nSPS) is 11.6. The van der Waals surface area contributed by atoms with Crippen molar-refractivity contribution in [2.24, 2.45) is 5.73 Å². The van der Waals surface area contributed by atoms with E-state index in [0.29, 0.717) is 0 Å². The van der Waals surface area contributed by atoms with Gasteiger partial charge in [-0.2, -0.15) is 0 Å². The van der Waals surface area contributed by atoms with Crippen LogP contribution in [0, 0.1) is 0 Å². The number of aliphatic carboxylic acids is 1. The Labute approximate surface area is 121 Å². The molecule has 5 N–H and O–H groups in total. The van der Waals surface area contributed by atoms with E-state index in [1.807, 2.05) is 12.1 Å². The van der Waals surface area contributed by atoms with Crippen LogP contribution in [0.25, 0.3) is 0 Å². The van der Waals surface area contributed by atoms with Crippen LogP contribution in [-0.4, -0.2) is 29.1 Å². The van der Waals surface area contributed by atoms with Crippen molar-refractivity contribution >= 4 is 45.2 Å². The Morgan fingerprint density at radius 1 is 1.42 bits per heavy atom. The number of thiophene rings is 1. The third-order valence-corrected chi connectivity index (χ3v) is 3.68. The molecule has 0 aromatic carbocycles. The maximum Gasteiger partial charge on any atom is 0.326 e. The van der Waals surface area contributed by atoms with Gasteiger partial charge in [-0.25, -0.2) is 9.59 Å². The number of rotatable bonds is 6. The SMILES string of the molecule is NC(=O)C[C@@H](NC(=O)NCc1ccc(Br)s1)C(=O)O. The molecular weight excluding hydrogens is 338 g/mol. The second kappa shape index (κ2) is 7.10. The molecule has 0 aliphatic carbocycles. The summed E-state index contributed by atoms with van der Waals surface area (Å²) in [7, 11) is 0. The lowest BCUT2D eigenvalue weighted by molar-refractivity contribution is -0.140. The van der Waals surface area contributed by atoms with Crippen molar-refractivity contribution in [3.63, 3.8) is 0 Å². The number of nitrogens with two attached hydrogens (primary N) is 1. The maximum atomic E-state index is 11.5. The molecular formula is C10H12BrN3O4S. The molecule has 9 heteroatoms. The predicted octanol–water partition coefficient (Wildman–Crippen LogP) is 0.638. The van der Waals surface area contributed by atoms with Crippen molar-refractivity contribution in [2.75, 3.05) is 0 Å². The molecule has 1 rings (SSSR count). The van der Waals surface area contributed by atoms with Crippen molar-refractivity contribution in [3.05, 3.63) is 20.8 Å². The first kappa shape index (κ1) is 15.4. The van der Waals surface area contributed by atoms with Crippen LogP contribution in [0.15, 0.2) is 15.9 Å². The van der Waals surface area contributed by atoms with Crippen LogP contribution < -0.4 is 16.4 Å². The Bertz CT molecular complexity index is 491. The van der Waals surface area contributed by atoms with E-state index in [0.717, 1.165) is 8.66 Å². The molecule has 0 aliphatic rings. The minimum Gasteiger partial charge on any atom is -0.480 e. The van der Waals surface area contributed by atoms with Crippen LogP contribution in [0.2, 0.25) is 0 Å². The summed E-state index contributed by atoms with van der Waals surface area (Å²) >= 11 is 4.74. The molecule has 0 radical (unpaired) electrons. The van der Waals surface area contributed by atoms with Crippen LogP contribution in [0.4, 0.5) is 4.79 Å². The second-order valence-corrected chi connectivity index (χ2v) is 6.14. The van der Waals surface area contributed by atoms with Gasteiger partial charge in [-0.05, 0) is 28.1 Å². The molecule has 3 amide bonds. The number of nitrogens with one attached hydrogen (secondary N) is 2.